The van der Waals surface area contributed by atoms with Gasteiger partial charge in [0.2, 0.25) is 0 Å². The molecule has 1 saturated carbocycles. The predicted molar refractivity (Wildman–Crippen MR) is 118 cm³/mol. The van der Waals surface area contributed by atoms with E-state index in [1.165, 1.54) is 5.57 Å². The third-order valence-corrected chi connectivity index (χ3v) is 8.24. The topological polar surface area (TPSA) is 86.9 Å². The Labute approximate surface area is 186 Å². The van der Waals surface area contributed by atoms with E-state index in [1.54, 1.807) is 12.0 Å². The van der Waals surface area contributed by atoms with Gasteiger partial charge in [-0.2, -0.15) is 0 Å². The molecule has 1 aliphatic carbocycles. The number of likely N-dealkylation sites (tertiary alicyclic amines) is 1. The Morgan fingerprint density at radius 2 is 2.13 bits per heavy atom. The number of ether oxygens (including phenoxy) is 3. The van der Waals surface area contributed by atoms with Gasteiger partial charge < -0.3 is 29.5 Å². The van der Waals surface area contributed by atoms with E-state index in [4.69, 9.17) is 14.2 Å². The zero-order chi connectivity index (χ0) is 22.4. The lowest BCUT2D eigenvalue weighted by molar-refractivity contribution is -0.130. The number of amides is 1. The van der Waals surface area contributed by atoms with Crippen LogP contribution in [0.3, 0.4) is 0 Å². The molecule has 2 N–H and O–H groups in total. The second-order valence-corrected chi connectivity index (χ2v) is 10.4. The second-order valence-electron chi connectivity index (χ2n) is 10.4. The molecule has 3 aliphatic heterocycles. The highest BCUT2D eigenvalue weighted by atomic mass is 16.6. The van der Waals surface area contributed by atoms with Gasteiger partial charge in [-0.05, 0) is 65.5 Å². The van der Waals surface area contributed by atoms with Crippen LogP contribution in [0, 0.1) is 17.8 Å². The van der Waals surface area contributed by atoms with Crippen molar-refractivity contribution < 1.29 is 24.1 Å². The Bertz CT molecular complexity index is 704. The standard InChI is InChI=1S/C24H40N2O5/c1-6-25-12-10-16-13-26(22(27)28)19(16)17-9-11-24(14-30-24)21(20(17)29-5)23(4)18(31-23)8-7-15(2)3/h7,16-21,25H,6,8-14H2,1-5H3,(H,27,28)/t16-,17-,18-,19?,20+,21-,23+,24?/m1/s1. The van der Waals surface area contributed by atoms with Gasteiger partial charge in [-0.3, -0.25) is 0 Å². The zero-order valence-electron chi connectivity index (χ0n) is 19.7. The molecular formula is C24H40N2O5. The number of nitrogens with zero attached hydrogens (tertiary/aromatic N) is 1. The summed E-state index contributed by atoms with van der Waals surface area (Å²) in [6, 6.07) is 0.0123. The first-order valence-electron chi connectivity index (χ1n) is 12.0. The van der Waals surface area contributed by atoms with E-state index >= 15 is 0 Å². The van der Waals surface area contributed by atoms with E-state index in [2.05, 4.69) is 39.1 Å². The molecule has 3 saturated heterocycles. The first-order chi connectivity index (χ1) is 14.8. The highest BCUT2D eigenvalue weighted by Gasteiger charge is 2.72. The highest BCUT2D eigenvalue weighted by molar-refractivity contribution is 5.67. The number of epoxide rings is 2. The van der Waals surface area contributed by atoms with Crippen molar-refractivity contribution >= 4 is 6.09 Å². The lowest BCUT2D eigenvalue weighted by atomic mass is 9.61. The number of hydrogen-bond acceptors (Lipinski definition) is 5. The van der Waals surface area contributed by atoms with E-state index < -0.39 is 6.09 Å². The second kappa shape index (κ2) is 8.65. The quantitative estimate of drug-likeness (QED) is 0.328. The summed E-state index contributed by atoms with van der Waals surface area (Å²) >= 11 is 0. The molecule has 0 aromatic heterocycles. The monoisotopic (exact) mass is 436 g/mol. The minimum atomic E-state index is -0.811. The van der Waals surface area contributed by atoms with Crippen LogP contribution >= 0.6 is 0 Å². The summed E-state index contributed by atoms with van der Waals surface area (Å²) in [7, 11) is 1.78. The largest absolute Gasteiger partial charge is 0.465 e. The van der Waals surface area contributed by atoms with Crippen molar-refractivity contribution in [1.29, 1.82) is 0 Å². The predicted octanol–water partition coefficient (Wildman–Crippen LogP) is 3.29. The molecule has 1 spiro atoms. The molecule has 3 heterocycles. The van der Waals surface area contributed by atoms with Crippen molar-refractivity contribution in [1.82, 2.24) is 10.2 Å². The van der Waals surface area contributed by atoms with Crippen LogP contribution in [0.5, 0.6) is 0 Å². The summed E-state index contributed by atoms with van der Waals surface area (Å²) in [5, 5.41) is 13.2. The molecule has 0 aromatic rings. The molecule has 8 atom stereocenters. The van der Waals surface area contributed by atoms with E-state index in [-0.39, 0.29) is 41.3 Å². The summed E-state index contributed by atoms with van der Waals surface area (Å²) in [6.07, 6.45) is 5.34. The lowest BCUT2D eigenvalue weighted by Gasteiger charge is -2.55. The van der Waals surface area contributed by atoms with Crippen LogP contribution in [0.2, 0.25) is 0 Å². The molecule has 2 unspecified atom stereocenters. The maximum atomic E-state index is 12.0. The molecular weight excluding hydrogens is 396 g/mol. The third kappa shape index (κ3) is 4.14. The highest BCUT2D eigenvalue weighted by Crippen LogP contribution is 2.61. The van der Waals surface area contributed by atoms with Crippen LogP contribution < -0.4 is 5.32 Å². The van der Waals surface area contributed by atoms with Gasteiger partial charge in [-0.1, -0.05) is 18.6 Å². The minimum absolute atomic E-state index is 0.0123. The van der Waals surface area contributed by atoms with Crippen molar-refractivity contribution in [2.24, 2.45) is 17.8 Å². The van der Waals surface area contributed by atoms with Crippen LogP contribution in [0.15, 0.2) is 11.6 Å². The first-order valence-corrected chi connectivity index (χ1v) is 12.0. The maximum absolute atomic E-state index is 12.0. The van der Waals surface area contributed by atoms with Gasteiger partial charge in [0.1, 0.15) is 5.60 Å². The number of carboxylic acid groups (broad SMARTS) is 1. The van der Waals surface area contributed by atoms with Crippen LogP contribution in [-0.4, -0.2) is 78.9 Å². The normalized spacial score (nSPS) is 43.5. The van der Waals surface area contributed by atoms with E-state index in [1.807, 2.05) is 0 Å². The summed E-state index contributed by atoms with van der Waals surface area (Å²) in [5.41, 5.74) is 0.858. The first kappa shape index (κ1) is 23.0. The Morgan fingerprint density at radius 1 is 1.39 bits per heavy atom. The number of allylic oxidation sites excluding steroid dienone is 1. The van der Waals surface area contributed by atoms with Gasteiger partial charge >= 0.3 is 6.09 Å². The van der Waals surface area contributed by atoms with Crippen molar-refractivity contribution in [3.8, 4) is 0 Å². The fraction of sp³-hybridized carbons (Fsp3) is 0.875. The zero-order valence-corrected chi connectivity index (χ0v) is 19.7. The number of nitrogens with one attached hydrogen (secondary N) is 1. The molecule has 7 heteroatoms. The van der Waals surface area contributed by atoms with Crippen molar-refractivity contribution in [2.45, 2.75) is 82.8 Å². The van der Waals surface area contributed by atoms with Crippen molar-refractivity contribution in [3.63, 3.8) is 0 Å². The molecule has 4 rings (SSSR count). The summed E-state index contributed by atoms with van der Waals surface area (Å²) in [4.78, 5) is 13.6. The number of methoxy groups -OCH3 is 1. The van der Waals surface area contributed by atoms with E-state index in [0.717, 1.165) is 45.4 Å². The molecule has 7 nitrogen and oxygen atoms in total. The van der Waals surface area contributed by atoms with Gasteiger partial charge in [0.05, 0.1) is 24.4 Å². The summed E-state index contributed by atoms with van der Waals surface area (Å²) in [5.74, 6) is 0.679. The number of carbonyl (C=O) groups is 1. The average Bonchev–Trinajstić information content (AvgIpc) is 3.61. The SMILES string of the molecule is CCNCC[C@@H]1CN(C(=O)O)C1[C@H]1CCC2(CO2)[C@@H]([C@@]2(C)O[C@@H]2CC=C(C)C)[C@H]1OC. The van der Waals surface area contributed by atoms with Gasteiger partial charge in [0, 0.05) is 31.5 Å². The summed E-state index contributed by atoms with van der Waals surface area (Å²) in [6.45, 7) is 11.8. The van der Waals surface area contributed by atoms with Gasteiger partial charge in [-0.15, -0.1) is 0 Å². The molecule has 4 fully saturated rings. The van der Waals surface area contributed by atoms with Crippen molar-refractivity contribution in [3.05, 3.63) is 11.6 Å². The lowest BCUT2D eigenvalue weighted by Crippen LogP contribution is -2.67. The molecule has 1 amide bonds. The van der Waals surface area contributed by atoms with E-state index in [0.29, 0.717) is 12.5 Å². The van der Waals surface area contributed by atoms with Gasteiger partial charge in [0.25, 0.3) is 0 Å². The van der Waals surface area contributed by atoms with Crippen LogP contribution in [0.4, 0.5) is 4.79 Å². The fourth-order valence-corrected chi connectivity index (χ4v) is 6.50. The fourth-order valence-electron chi connectivity index (χ4n) is 6.50. The van der Waals surface area contributed by atoms with Crippen molar-refractivity contribution in [2.75, 3.05) is 33.4 Å². The van der Waals surface area contributed by atoms with Gasteiger partial charge in [0.15, 0.2) is 0 Å². The molecule has 0 bridgehead atoms. The minimum Gasteiger partial charge on any atom is -0.465 e. The average molecular weight is 437 g/mol. The van der Waals surface area contributed by atoms with Crippen LogP contribution in [-0.2, 0) is 14.2 Å². The Morgan fingerprint density at radius 3 is 2.71 bits per heavy atom. The molecule has 0 aromatic carbocycles. The smallest absolute Gasteiger partial charge is 0.407 e. The third-order valence-electron chi connectivity index (χ3n) is 8.24. The Kier molecular flexibility index (Phi) is 6.43. The van der Waals surface area contributed by atoms with Gasteiger partial charge in [-0.25, -0.2) is 4.79 Å². The number of rotatable bonds is 9. The molecule has 0 radical (unpaired) electrons. The summed E-state index contributed by atoms with van der Waals surface area (Å²) < 4.78 is 18.6. The Balaban J connectivity index is 1.55. The maximum Gasteiger partial charge on any atom is 0.407 e. The van der Waals surface area contributed by atoms with Crippen LogP contribution in [0.25, 0.3) is 0 Å². The molecule has 31 heavy (non-hydrogen) atoms. The van der Waals surface area contributed by atoms with Crippen LogP contribution in [0.1, 0.15) is 53.4 Å². The number of hydrogen-bond donors (Lipinski definition) is 2. The Hall–Kier alpha value is -1.15. The molecule has 4 aliphatic rings. The molecule has 176 valence electrons. The van der Waals surface area contributed by atoms with E-state index in [9.17, 15) is 9.90 Å².